The smallest absolute Gasteiger partial charge is 0.242 e. The molecule has 17 heavy (non-hydrogen) atoms. The number of carbonyl (C=O) groups is 1. The predicted octanol–water partition coefficient (Wildman–Crippen LogP) is 1.87. The topological polar surface area (TPSA) is 38.1 Å². The molecule has 0 N–H and O–H groups in total. The maximum atomic E-state index is 11.8. The van der Waals surface area contributed by atoms with Gasteiger partial charge >= 0.3 is 0 Å². The van der Waals surface area contributed by atoms with Gasteiger partial charge in [-0.05, 0) is 26.2 Å². The van der Waals surface area contributed by atoms with Crippen molar-refractivity contribution >= 4 is 5.91 Å². The van der Waals surface area contributed by atoms with Crippen LogP contribution >= 0.6 is 0 Å². The Morgan fingerprint density at radius 3 is 2.71 bits per heavy atom. The van der Waals surface area contributed by atoms with E-state index < -0.39 is 0 Å². The SMILES string of the molecule is CCN(C)C(=O)Cn1cc(CC(C)C)nc1C. The highest BCUT2D eigenvalue weighted by Gasteiger charge is 2.11. The quantitative estimate of drug-likeness (QED) is 0.784. The molecule has 96 valence electrons. The summed E-state index contributed by atoms with van der Waals surface area (Å²) in [6.07, 6.45) is 2.96. The van der Waals surface area contributed by atoms with Gasteiger partial charge in [0.25, 0.3) is 0 Å². The van der Waals surface area contributed by atoms with Crippen LogP contribution in [0.4, 0.5) is 0 Å². The van der Waals surface area contributed by atoms with Crippen LogP contribution in [0, 0.1) is 12.8 Å². The molecule has 4 nitrogen and oxygen atoms in total. The van der Waals surface area contributed by atoms with E-state index in [9.17, 15) is 4.79 Å². The summed E-state index contributed by atoms with van der Waals surface area (Å²) in [5.74, 6) is 1.63. The van der Waals surface area contributed by atoms with Gasteiger partial charge in [0.2, 0.25) is 5.91 Å². The van der Waals surface area contributed by atoms with Gasteiger partial charge < -0.3 is 9.47 Å². The highest BCUT2D eigenvalue weighted by atomic mass is 16.2. The fourth-order valence-electron chi connectivity index (χ4n) is 1.69. The van der Waals surface area contributed by atoms with Gasteiger partial charge in [-0.1, -0.05) is 13.8 Å². The van der Waals surface area contributed by atoms with Crippen LogP contribution in [0.5, 0.6) is 0 Å². The highest BCUT2D eigenvalue weighted by molar-refractivity contribution is 5.75. The second kappa shape index (κ2) is 5.84. The number of aromatic nitrogens is 2. The molecule has 0 radical (unpaired) electrons. The van der Waals surface area contributed by atoms with Crippen LogP contribution in [0.2, 0.25) is 0 Å². The van der Waals surface area contributed by atoms with E-state index in [2.05, 4.69) is 18.8 Å². The normalized spacial score (nSPS) is 10.9. The van der Waals surface area contributed by atoms with Gasteiger partial charge in [0, 0.05) is 19.8 Å². The second-order valence-corrected chi connectivity index (χ2v) is 4.91. The van der Waals surface area contributed by atoms with Gasteiger partial charge in [0.1, 0.15) is 12.4 Å². The van der Waals surface area contributed by atoms with E-state index in [1.165, 1.54) is 0 Å². The minimum absolute atomic E-state index is 0.129. The van der Waals surface area contributed by atoms with Gasteiger partial charge in [-0.3, -0.25) is 4.79 Å². The summed E-state index contributed by atoms with van der Waals surface area (Å²) in [6.45, 7) is 9.40. The molecule has 1 aromatic heterocycles. The van der Waals surface area contributed by atoms with Crippen LogP contribution in [-0.4, -0.2) is 34.0 Å². The van der Waals surface area contributed by atoms with E-state index in [-0.39, 0.29) is 5.91 Å². The first kappa shape index (κ1) is 13.7. The van der Waals surface area contributed by atoms with E-state index in [1.54, 1.807) is 4.90 Å². The Morgan fingerprint density at radius 1 is 1.53 bits per heavy atom. The Bertz CT molecular complexity index is 382. The van der Waals surface area contributed by atoms with E-state index in [0.29, 0.717) is 12.5 Å². The number of hydrogen-bond acceptors (Lipinski definition) is 2. The second-order valence-electron chi connectivity index (χ2n) is 4.91. The van der Waals surface area contributed by atoms with E-state index >= 15 is 0 Å². The molecule has 0 aliphatic rings. The van der Waals surface area contributed by atoms with Crippen LogP contribution in [-0.2, 0) is 17.8 Å². The zero-order chi connectivity index (χ0) is 13.0. The van der Waals surface area contributed by atoms with Gasteiger partial charge in [-0.2, -0.15) is 0 Å². The fraction of sp³-hybridized carbons (Fsp3) is 0.692. The Labute approximate surface area is 104 Å². The zero-order valence-electron chi connectivity index (χ0n) is 11.5. The minimum atomic E-state index is 0.129. The van der Waals surface area contributed by atoms with Crippen molar-refractivity contribution in [2.24, 2.45) is 5.92 Å². The van der Waals surface area contributed by atoms with Crippen LogP contribution in [0.25, 0.3) is 0 Å². The van der Waals surface area contributed by atoms with Gasteiger partial charge in [-0.15, -0.1) is 0 Å². The molecule has 0 aliphatic heterocycles. The van der Waals surface area contributed by atoms with Crippen molar-refractivity contribution in [2.45, 2.75) is 40.7 Å². The molecule has 0 saturated heterocycles. The summed E-state index contributed by atoms with van der Waals surface area (Å²) in [5, 5.41) is 0. The third kappa shape index (κ3) is 3.88. The first-order valence-corrected chi connectivity index (χ1v) is 6.20. The highest BCUT2D eigenvalue weighted by Crippen LogP contribution is 2.08. The van der Waals surface area contributed by atoms with E-state index in [4.69, 9.17) is 0 Å². The average Bonchev–Trinajstić information content (AvgIpc) is 2.56. The van der Waals surface area contributed by atoms with Gasteiger partial charge in [-0.25, -0.2) is 4.98 Å². The molecule has 0 atom stereocenters. The number of likely N-dealkylation sites (N-methyl/N-ethyl adjacent to an activating group) is 1. The lowest BCUT2D eigenvalue weighted by atomic mass is 10.1. The molecule has 0 aliphatic carbocycles. The molecule has 4 heteroatoms. The first-order chi connectivity index (χ1) is 7.93. The maximum absolute atomic E-state index is 11.8. The first-order valence-electron chi connectivity index (χ1n) is 6.20. The summed E-state index contributed by atoms with van der Waals surface area (Å²) in [5.41, 5.74) is 1.07. The number of carbonyl (C=O) groups excluding carboxylic acids is 1. The lowest BCUT2D eigenvalue weighted by Crippen LogP contribution is -2.29. The van der Waals surface area contributed by atoms with Gasteiger partial charge in [0.15, 0.2) is 0 Å². The predicted molar refractivity (Wildman–Crippen MR) is 68.8 cm³/mol. The van der Waals surface area contributed by atoms with Crippen LogP contribution in [0.1, 0.15) is 32.3 Å². The van der Waals surface area contributed by atoms with Gasteiger partial charge in [0.05, 0.1) is 5.69 Å². The van der Waals surface area contributed by atoms with Crippen molar-refractivity contribution in [2.75, 3.05) is 13.6 Å². The molecule has 1 aromatic rings. The molecule has 0 aromatic carbocycles. The van der Waals surface area contributed by atoms with Crippen molar-refractivity contribution in [3.8, 4) is 0 Å². The molecule has 1 rings (SSSR count). The van der Waals surface area contributed by atoms with Crippen molar-refractivity contribution < 1.29 is 4.79 Å². The molecule has 0 bridgehead atoms. The number of imidazole rings is 1. The molecule has 1 heterocycles. The largest absolute Gasteiger partial charge is 0.344 e. The Balaban J connectivity index is 2.71. The molecule has 1 amide bonds. The Kier molecular flexibility index (Phi) is 4.73. The van der Waals surface area contributed by atoms with Crippen molar-refractivity contribution in [3.05, 3.63) is 17.7 Å². The summed E-state index contributed by atoms with van der Waals surface area (Å²) in [6, 6.07) is 0. The van der Waals surface area contributed by atoms with E-state index in [1.807, 2.05) is 31.7 Å². The van der Waals surface area contributed by atoms with Crippen LogP contribution < -0.4 is 0 Å². The Morgan fingerprint density at radius 2 is 2.18 bits per heavy atom. The summed E-state index contributed by atoms with van der Waals surface area (Å²) >= 11 is 0. The van der Waals surface area contributed by atoms with Crippen molar-refractivity contribution in [1.82, 2.24) is 14.5 Å². The lowest BCUT2D eigenvalue weighted by Gasteiger charge is -2.15. The third-order valence-electron chi connectivity index (χ3n) is 2.85. The monoisotopic (exact) mass is 237 g/mol. The molecular formula is C13H23N3O. The number of nitrogens with zero attached hydrogens (tertiary/aromatic N) is 3. The van der Waals surface area contributed by atoms with Crippen LogP contribution in [0.3, 0.4) is 0 Å². The van der Waals surface area contributed by atoms with E-state index in [0.717, 1.165) is 24.5 Å². The number of hydrogen-bond donors (Lipinski definition) is 0. The number of aryl methyl sites for hydroxylation is 1. The summed E-state index contributed by atoms with van der Waals surface area (Å²) in [4.78, 5) is 18.0. The molecule has 0 fully saturated rings. The summed E-state index contributed by atoms with van der Waals surface area (Å²) < 4.78 is 1.94. The third-order valence-corrected chi connectivity index (χ3v) is 2.85. The Hall–Kier alpha value is -1.32. The maximum Gasteiger partial charge on any atom is 0.242 e. The molecule has 0 spiro atoms. The molecular weight excluding hydrogens is 214 g/mol. The molecule has 0 saturated carbocycles. The molecule has 0 unspecified atom stereocenters. The number of rotatable bonds is 5. The van der Waals surface area contributed by atoms with Crippen LogP contribution in [0.15, 0.2) is 6.20 Å². The van der Waals surface area contributed by atoms with Crippen molar-refractivity contribution in [3.63, 3.8) is 0 Å². The number of amides is 1. The minimum Gasteiger partial charge on any atom is -0.344 e. The lowest BCUT2D eigenvalue weighted by molar-refractivity contribution is -0.130. The average molecular weight is 237 g/mol. The summed E-state index contributed by atoms with van der Waals surface area (Å²) in [7, 11) is 1.82. The zero-order valence-corrected chi connectivity index (χ0v) is 11.5. The standard InChI is InChI=1S/C13H23N3O/c1-6-15(5)13(17)9-16-8-12(7-10(2)3)14-11(16)4/h8,10H,6-7,9H2,1-5H3. The fourth-order valence-corrected chi connectivity index (χ4v) is 1.69. The van der Waals surface area contributed by atoms with Crippen molar-refractivity contribution in [1.29, 1.82) is 0 Å².